The summed E-state index contributed by atoms with van der Waals surface area (Å²) in [5, 5.41) is 35.2. The van der Waals surface area contributed by atoms with Crippen LogP contribution in [-0.4, -0.2) is 86.6 Å². The van der Waals surface area contributed by atoms with Gasteiger partial charge in [0, 0.05) is 23.5 Å². The molecule has 0 aliphatic rings. The first-order valence-corrected chi connectivity index (χ1v) is 11.5. The number of carbonyl (C=O) groups excluding carboxylic acids is 4. The summed E-state index contributed by atoms with van der Waals surface area (Å²) >= 11 is 0. The summed E-state index contributed by atoms with van der Waals surface area (Å²) in [6, 6.07) is 1.24. The van der Waals surface area contributed by atoms with Gasteiger partial charge in [0.05, 0.1) is 19.1 Å². The Bertz CT molecular complexity index is 1200. The molecule has 0 saturated carbocycles. The number of aromatic amines is 1. The zero-order valence-corrected chi connectivity index (χ0v) is 20.2. The van der Waals surface area contributed by atoms with Crippen molar-refractivity contribution in [2.24, 2.45) is 11.5 Å². The number of hydrogen-bond acceptors (Lipinski definition) is 8. The molecule has 0 saturated heterocycles. The number of benzene rings is 1. The van der Waals surface area contributed by atoms with Gasteiger partial charge in [0.15, 0.2) is 0 Å². The monoisotopic (exact) mass is 534 g/mol. The fraction of sp³-hybridized carbons (Fsp3) is 0.391. The fourth-order valence-electron chi connectivity index (χ4n) is 3.58. The van der Waals surface area contributed by atoms with Gasteiger partial charge in [-0.2, -0.15) is 0 Å². The SMILES string of the molecule is NC(=O)CCC(NC(=O)C(CO)NC(=O)C(CC(=O)O)NC(=O)C(N)Cc1c[nH]c2ccccc12)C(=O)O. The Hall–Kier alpha value is -4.50. The molecular formula is C23H30N6O9. The minimum absolute atomic E-state index is 0.0702. The Balaban J connectivity index is 2.06. The summed E-state index contributed by atoms with van der Waals surface area (Å²) in [5.41, 5.74) is 12.5. The van der Waals surface area contributed by atoms with E-state index in [1.165, 1.54) is 0 Å². The maximum atomic E-state index is 12.7. The van der Waals surface area contributed by atoms with Gasteiger partial charge in [-0.3, -0.25) is 24.0 Å². The summed E-state index contributed by atoms with van der Waals surface area (Å²) in [6.45, 7) is -0.979. The number of para-hydroxylation sites is 1. The first kappa shape index (κ1) is 29.7. The molecular weight excluding hydrogens is 504 g/mol. The molecule has 38 heavy (non-hydrogen) atoms. The molecule has 0 aliphatic heterocycles. The van der Waals surface area contributed by atoms with E-state index in [0.29, 0.717) is 0 Å². The van der Waals surface area contributed by atoms with Crippen molar-refractivity contribution in [3.05, 3.63) is 36.0 Å². The Morgan fingerprint density at radius 2 is 1.50 bits per heavy atom. The smallest absolute Gasteiger partial charge is 0.326 e. The largest absolute Gasteiger partial charge is 0.481 e. The number of H-pyrrole nitrogens is 1. The van der Waals surface area contributed by atoms with Gasteiger partial charge in [0.2, 0.25) is 23.6 Å². The molecule has 206 valence electrons. The number of aliphatic hydroxyl groups excluding tert-OH is 1. The van der Waals surface area contributed by atoms with E-state index in [1.807, 2.05) is 24.3 Å². The summed E-state index contributed by atoms with van der Waals surface area (Å²) in [4.78, 5) is 74.5. The molecule has 1 aromatic heterocycles. The number of fused-ring (bicyclic) bond motifs is 1. The number of rotatable bonds is 15. The number of nitrogens with one attached hydrogen (secondary N) is 4. The van der Waals surface area contributed by atoms with Crippen LogP contribution >= 0.6 is 0 Å². The number of carboxylic acid groups (broad SMARTS) is 2. The summed E-state index contributed by atoms with van der Waals surface area (Å²) < 4.78 is 0. The molecule has 4 atom stereocenters. The molecule has 0 bridgehead atoms. The molecule has 0 fully saturated rings. The van der Waals surface area contributed by atoms with Gasteiger partial charge in [-0.25, -0.2) is 4.79 Å². The molecule has 2 aromatic rings. The van der Waals surface area contributed by atoms with Crippen molar-refractivity contribution in [2.45, 2.75) is 49.9 Å². The second-order valence-corrected chi connectivity index (χ2v) is 8.48. The van der Waals surface area contributed by atoms with Gasteiger partial charge in [-0.15, -0.1) is 0 Å². The molecule has 0 aliphatic carbocycles. The van der Waals surface area contributed by atoms with Gasteiger partial charge < -0.3 is 47.7 Å². The topological polar surface area (TPSA) is 267 Å². The van der Waals surface area contributed by atoms with Crippen LogP contribution in [0.2, 0.25) is 0 Å². The highest BCUT2D eigenvalue weighted by molar-refractivity contribution is 5.96. The normalized spacial score (nSPS) is 14.1. The second-order valence-electron chi connectivity index (χ2n) is 8.48. The van der Waals surface area contributed by atoms with E-state index < -0.39 is 72.8 Å². The predicted molar refractivity (Wildman–Crippen MR) is 131 cm³/mol. The van der Waals surface area contributed by atoms with Gasteiger partial charge in [0.25, 0.3) is 0 Å². The molecule has 0 radical (unpaired) electrons. The van der Waals surface area contributed by atoms with Crippen molar-refractivity contribution >= 4 is 46.5 Å². The van der Waals surface area contributed by atoms with Crippen molar-refractivity contribution in [3.8, 4) is 0 Å². The zero-order valence-electron chi connectivity index (χ0n) is 20.2. The standard InChI is InChI=1S/C23H30N6O9/c24-13(7-11-9-26-14-4-2-1-3-12(11)14)20(34)28-16(8-19(32)33)21(35)29-17(10-30)22(36)27-15(23(37)38)5-6-18(25)31/h1-4,9,13,15-17,26,30H,5-8,10,24H2,(H2,25,31)(H,27,36)(H,28,34)(H,29,35)(H,32,33)(H,37,38). The number of amides is 4. The second kappa shape index (κ2) is 13.7. The quantitative estimate of drug-likeness (QED) is 0.114. The summed E-state index contributed by atoms with van der Waals surface area (Å²) in [6.07, 6.45) is 0.194. The summed E-state index contributed by atoms with van der Waals surface area (Å²) in [5.74, 6) is -6.81. The molecule has 4 amide bonds. The maximum absolute atomic E-state index is 12.7. The van der Waals surface area contributed by atoms with Crippen molar-refractivity contribution in [1.82, 2.24) is 20.9 Å². The number of nitrogens with two attached hydrogens (primary N) is 2. The highest BCUT2D eigenvalue weighted by atomic mass is 16.4. The summed E-state index contributed by atoms with van der Waals surface area (Å²) in [7, 11) is 0. The Morgan fingerprint density at radius 1 is 0.895 bits per heavy atom. The first-order chi connectivity index (χ1) is 17.9. The lowest BCUT2D eigenvalue weighted by Crippen LogP contribution is -2.58. The number of aromatic nitrogens is 1. The average molecular weight is 535 g/mol. The van der Waals surface area contributed by atoms with E-state index in [4.69, 9.17) is 11.5 Å². The van der Waals surface area contributed by atoms with E-state index in [0.717, 1.165) is 16.5 Å². The van der Waals surface area contributed by atoms with Crippen LogP contribution in [0, 0.1) is 0 Å². The predicted octanol–water partition coefficient (Wildman–Crippen LogP) is -2.69. The Kier molecular flexibility index (Phi) is 10.7. The van der Waals surface area contributed by atoms with Gasteiger partial charge in [-0.05, 0) is 24.5 Å². The van der Waals surface area contributed by atoms with Crippen LogP contribution < -0.4 is 27.4 Å². The van der Waals surface area contributed by atoms with Crippen LogP contribution in [0.3, 0.4) is 0 Å². The lowest BCUT2D eigenvalue weighted by molar-refractivity contribution is -0.143. The third-order valence-corrected chi connectivity index (χ3v) is 5.57. The Morgan fingerprint density at radius 3 is 2.11 bits per heavy atom. The van der Waals surface area contributed by atoms with Crippen LogP contribution in [0.15, 0.2) is 30.5 Å². The molecule has 11 N–H and O–H groups in total. The minimum atomic E-state index is -1.69. The van der Waals surface area contributed by atoms with Crippen molar-refractivity contribution < 1.29 is 44.1 Å². The van der Waals surface area contributed by atoms with E-state index in [-0.39, 0.29) is 19.3 Å². The van der Waals surface area contributed by atoms with Gasteiger partial charge >= 0.3 is 11.9 Å². The molecule has 4 unspecified atom stereocenters. The molecule has 1 aromatic carbocycles. The van der Waals surface area contributed by atoms with E-state index in [9.17, 15) is 44.1 Å². The highest BCUT2D eigenvalue weighted by Crippen LogP contribution is 2.18. The lowest BCUT2D eigenvalue weighted by Gasteiger charge is -2.23. The molecule has 2 rings (SSSR count). The van der Waals surface area contributed by atoms with Crippen molar-refractivity contribution in [1.29, 1.82) is 0 Å². The van der Waals surface area contributed by atoms with E-state index in [2.05, 4.69) is 20.9 Å². The molecule has 0 spiro atoms. The average Bonchev–Trinajstić information content (AvgIpc) is 3.26. The zero-order chi connectivity index (χ0) is 28.4. The third kappa shape index (κ3) is 8.56. The van der Waals surface area contributed by atoms with Crippen LogP contribution in [0.5, 0.6) is 0 Å². The van der Waals surface area contributed by atoms with Gasteiger partial charge in [-0.1, -0.05) is 18.2 Å². The first-order valence-electron chi connectivity index (χ1n) is 11.5. The molecule has 15 nitrogen and oxygen atoms in total. The number of hydrogen-bond donors (Lipinski definition) is 9. The van der Waals surface area contributed by atoms with Crippen molar-refractivity contribution in [3.63, 3.8) is 0 Å². The van der Waals surface area contributed by atoms with Crippen LogP contribution in [-0.2, 0) is 35.2 Å². The van der Waals surface area contributed by atoms with Crippen LogP contribution in [0.25, 0.3) is 10.9 Å². The minimum Gasteiger partial charge on any atom is -0.481 e. The Labute approximate surface area is 215 Å². The molecule has 1 heterocycles. The van der Waals surface area contributed by atoms with Gasteiger partial charge in [0.1, 0.15) is 18.1 Å². The lowest BCUT2D eigenvalue weighted by atomic mass is 10.0. The van der Waals surface area contributed by atoms with Crippen LogP contribution in [0.4, 0.5) is 0 Å². The number of primary amides is 1. The maximum Gasteiger partial charge on any atom is 0.326 e. The number of carboxylic acids is 2. The molecule has 15 heteroatoms. The highest BCUT2D eigenvalue weighted by Gasteiger charge is 2.31. The van der Waals surface area contributed by atoms with Crippen LogP contribution in [0.1, 0.15) is 24.8 Å². The fourth-order valence-corrected chi connectivity index (χ4v) is 3.58. The number of aliphatic carboxylic acids is 2. The van der Waals surface area contributed by atoms with E-state index >= 15 is 0 Å². The van der Waals surface area contributed by atoms with Crippen molar-refractivity contribution in [2.75, 3.05) is 6.61 Å². The van der Waals surface area contributed by atoms with E-state index in [1.54, 1.807) is 6.20 Å². The number of carbonyl (C=O) groups is 6. The number of aliphatic hydroxyl groups is 1. The third-order valence-electron chi connectivity index (χ3n) is 5.57.